The molecule has 1 amide bonds. The van der Waals surface area contributed by atoms with Gasteiger partial charge >= 0.3 is 5.97 Å². The maximum Gasteiger partial charge on any atom is 0.304 e. The van der Waals surface area contributed by atoms with E-state index in [0.29, 0.717) is 13.1 Å². The number of rotatable bonds is 7. The summed E-state index contributed by atoms with van der Waals surface area (Å²) in [5.41, 5.74) is 2.23. The van der Waals surface area contributed by atoms with E-state index in [1.807, 2.05) is 31.2 Å². The summed E-state index contributed by atoms with van der Waals surface area (Å²) >= 11 is 0. The van der Waals surface area contributed by atoms with Gasteiger partial charge in [-0.15, -0.1) is 0 Å². The van der Waals surface area contributed by atoms with Crippen LogP contribution >= 0.6 is 0 Å². The predicted octanol–water partition coefficient (Wildman–Crippen LogP) is 1.02. The SMILES string of the molecule is Cc1ccccc1CNC(=O)CN(C)CCC(=O)O. The minimum absolute atomic E-state index is 0.0432. The Morgan fingerprint density at radius 1 is 1.32 bits per heavy atom. The Morgan fingerprint density at radius 2 is 2.00 bits per heavy atom. The third kappa shape index (κ3) is 6.01. The van der Waals surface area contributed by atoms with Gasteiger partial charge in [0.1, 0.15) is 0 Å². The molecule has 0 aliphatic carbocycles. The summed E-state index contributed by atoms with van der Waals surface area (Å²) in [6, 6.07) is 7.87. The number of carboxylic acid groups (broad SMARTS) is 1. The van der Waals surface area contributed by atoms with Gasteiger partial charge in [0.15, 0.2) is 0 Å². The molecule has 5 heteroatoms. The van der Waals surface area contributed by atoms with Gasteiger partial charge in [0.2, 0.25) is 5.91 Å². The first kappa shape index (κ1) is 15.2. The van der Waals surface area contributed by atoms with Crippen molar-refractivity contribution in [2.45, 2.75) is 19.9 Å². The number of hydrogen-bond acceptors (Lipinski definition) is 3. The fraction of sp³-hybridized carbons (Fsp3) is 0.429. The average molecular weight is 264 g/mol. The second-order valence-electron chi connectivity index (χ2n) is 4.58. The zero-order valence-corrected chi connectivity index (χ0v) is 11.3. The van der Waals surface area contributed by atoms with Gasteiger partial charge in [-0.1, -0.05) is 24.3 Å². The van der Waals surface area contributed by atoms with E-state index in [-0.39, 0.29) is 18.9 Å². The molecule has 1 rings (SSSR count). The maximum atomic E-state index is 11.7. The van der Waals surface area contributed by atoms with Gasteiger partial charge in [0, 0.05) is 13.1 Å². The van der Waals surface area contributed by atoms with Crippen molar-refractivity contribution in [1.29, 1.82) is 0 Å². The number of likely N-dealkylation sites (N-methyl/N-ethyl adjacent to an activating group) is 1. The van der Waals surface area contributed by atoms with Crippen molar-refractivity contribution < 1.29 is 14.7 Å². The number of aryl methyl sites for hydroxylation is 1. The van der Waals surface area contributed by atoms with Crippen LogP contribution in [0.4, 0.5) is 0 Å². The highest BCUT2D eigenvalue weighted by Gasteiger charge is 2.08. The number of aliphatic carboxylic acids is 1. The van der Waals surface area contributed by atoms with Gasteiger partial charge in [0.25, 0.3) is 0 Å². The minimum Gasteiger partial charge on any atom is -0.481 e. The number of benzene rings is 1. The summed E-state index contributed by atoms with van der Waals surface area (Å²) in [5.74, 6) is -0.955. The predicted molar refractivity (Wildman–Crippen MR) is 72.8 cm³/mol. The Hall–Kier alpha value is -1.88. The minimum atomic E-state index is -0.854. The van der Waals surface area contributed by atoms with Crippen LogP contribution in [0, 0.1) is 6.92 Å². The fourth-order valence-corrected chi connectivity index (χ4v) is 1.67. The molecule has 0 bridgehead atoms. The first-order chi connectivity index (χ1) is 8.99. The Labute approximate surface area is 113 Å². The molecule has 0 spiro atoms. The lowest BCUT2D eigenvalue weighted by atomic mass is 10.1. The van der Waals surface area contributed by atoms with Crippen LogP contribution in [0.5, 0.6) is 0 Å². The van der Waals surface area contributed by atoms with Crippen LogP contribution < -0.4 is 5.32 Å². The lowest BCUT2D eigenvalue weighted by Gasteiger charge is -2.15. The molecule has 0 aromatic heterocycles. The first-order valence-corrected chi connectivity index (χ1v) is 6.20. The van der Waals surface area contributed by atoms with Crippen molar-refractivity contribution >= 4 is 11.9 Å². The highest BCUT2D eigenvalue weighted by Crippen LogP contribution is 2.05. The van der Waals surface area contributed by atoms with Gasteiger partial charge in [-0.3, -0.25) is 14.5 Å². The van der Waals surface area contributed by atoms with E-state index in [9.17, 15) is 9.59 Å². The molecule has 0 heterocycles. The molecular weight excluding hydrogens is 244 g/mol. The molecule has 0 atom stereocenters. The van der Waals surface area contributed by atoms with Gasteiger partial charge in [-0.2, -0.15) is 0 Å². The topological polar surface area (TPSA) is 69.6 Å². The van der Waals surface area contributed by atoms with Crippen molar-refractivity contribution in [3.63, 3.8) is 0 Å². The molecule has 0 saturated heterocycles. The van der Waals surface area contributed by atoms with Gasteiger partial charge in [-0.05, 0) is 25.1 Å². The third-order valence-corrected chi connectivity index (χ3v) is 2.86. The average Bonchev–Trinajstić information content (AvgIpc) is 2.35. The fourth-order valence-electron chi connectivity index (χ4n) is 1.67. The summed E-state index contributed by atoms with van der Waals surface area (Å²) in [5, 5.41) is 11.4. The number of hydrogen-bond donors (Lipinski definition) is 2. The van der Waals surface area contributed by atoms with Crippen LogP contribution in [0.1, 0.15) is 17.5 Å². The summed E-state index contributed by atoms with van der Waals surface area (Å²) in [6.45, 7) is 3.07. The molecular formula is C14H20N2O3. The highest BCUT2D eigenvalue weighted by atomic mass is 16.4. The van der Waals surface area contributed by atoms with Crippen molar-refractivity contribution in [2.24, 2.45) is 0 Å². The highest BCUT2D eigenvalue weighted by molar-refractivity contribution is 5.78. The Balaban J connectivity index is 2.32. The number of carboxylic acids is 1. The smallest absolute Gasteiger partial charge is 0.304 e. The zero-order valence-electron chi connectivity index (χ0n) is 11.3. The maximum absolute atomic E-state index is 11.7. The number of nitrogens with one attached hydrogen (secondary N) is 1. The third-order valence-electron chi connectivity index (χ3n) is 2.86. The summed E-state index contributed by atoms with van der Waals surface area (Å²) in [4.78, 5) is 23.8. The Bertz CT molecular complexity index is 446. The molecule has 0 aliphatic heterocycles. The van der Waals surface area contributed by atoms with Crippen molar-refractivity contribution in [3.05, 3.63) is 35.4 Å². The molecule has 1 aromatic carbocycles. The van der Waals surface area contributed by atoms with Crippen molar-refractivity contribution in [1.82, 2.24) is 10.2 Å². The van der Waals surface area contributed by atoms with E-state index >= 15 is 0 Å². The van der Waals surface area contributed by atoms with Crippen LogP contribution in [0.15, 0.2) is 24.3 Å². The van der Waals surface area contributed by atoms with Gasteiger partial charge in [-0.25, -0.2) is 0 Å². The normalized spacial score (nSPS) is 10.5. The lowest BCUT2D eigenvalue weighted by Crippen LogP contribution is -2.35. The van der Waals surface area contributed by atoms with E-state index < -0.39 is 5.97 Å². The van der Waals surface area contributed by atoms with Crippen LogP contribution in [-0.4, -0.2) is 42.0 Å². The molecule has 104 valence electrons. The quantitative estimate of drug-likeness (QED) is 0.771. The number of amides is 1. The summed E-state index contributed by atoms with van der Waals surface area (Å²) in [7, 11) is 1.73. The summed E-state index contributed by atoms with van der Waals surface area (Å²) < 4.78 is 0. The van der Waals surface area contributed by atoms with E-state index in [1.54, 1.807) is 11.9 Å². The van der Waals surface area contributed by atoms with Crippen molar-refractivity contribution in [2.75, 3.05) is 20.1 Å². The van der Waals surface area contributed by atoms with Gasteiger partial charge < -0.3 is 10.4 Å². The molecule has 2 N–H and O–H groups in total. The molecule has 0 saturated carbocycles. The van der Waals surface area contributed by atoms with Crippen molar-refractivity contribution in [3.8, 4) is 0 Å². The molecule has 1 aromatic rings. The standard InChI is InChI=1S/C14H20N2O3/c1-11-5-3-4-6-12(11)9-15-13(17)10-16(2)8-7-14(18)19/h3-6H,7-10H2,1-2H3,(H,15,17)(H,18,19). The van der Waals surface area contributed by atoms with E-state index in [4.69, 9.17) is 5.11 Å². The Kier molecular flexibility index (Phi) is 6.02. The molecule has 0 aliphatic rings. The summed E-state index contributed by atoms with van der Waals surface area (Å²) in [6.07, 6.45) is 0.0432. The molecule has 0 fully saturated rings. The number of carbonyl (C=O) groups excluding carboxylic acids is 1. The largest absolute Gasteiger partial charge is 0.481 e. The number of nitrogens with zero attached hydrogens (tertiary/aromatic N) is 1. The first-order valence-electron chi connectivity index (χ1n) is 6.20. The molecule has 0 unspecified atom stereocenters. The van der Waals surface area contributed by atoms with Crippen LogP contribution in [0.3, 0.4) is 0 Å². The lowest BCUT2D eigenvalue weighted by molar-refractivity contribution is -0.137. The molecule has 0 radical (unpaired) electrons. The van der Waals surface area contributed by atoms with E-state index in [1.165, 1.54) is 0 Å². The van der Waals surface area contributed by atoms with Crippen LogP contribution in [0.2, 0.25) is 0 Å². The van der Waals surface area contributed by atoms with Crippen LogP contribution in [0.25, 0.3) is 0 Å². The van der Waals surface area contributed by atoms with E-state index in [0.717, 1.165) is 11.1 Å². The zero-order chi connectivity index (χ0) is 14.3. The Morgan fingerprint density at radius 3 is 2.63 bits per heavy atom. The van der Waals surface area contributed by atoms with E-state index in [2.05, 4.69) is 5.32 Å². The molecule has 19 heavy (non-hydrogen) atoms. The van der Waals surface area contributed by atoms with Crippen LogP contribution in [-0.2, 0) is 16.1 Å². The monoisotopic (exact) mass is 264 g/mol. The second kappa shape index (κ2) is 7.53. The molecule has 5 nitrogen and oxygen atoms in total. The van der Waals surface area contributed by atoms with Gasteiger partial charge in [0.05, 0.1) is 13.0 Å². The number of carbonyl (C=O) groups is 2. The second-order valence-corrected chi connectivity index (χ2v) is 4.58.